The molecule has 0 unspecified atom stereocenters. The fourth-order valence-corrected chi connectivity index (χ4v) is 4.52. The number of phenols is 1. The molecule has 7 nitrogen and oxygen atoms in total. The fraction of sp³-hybridized carbons (Fsp3) is 0.300. The second-order valence-electron chi connectivity index (χ2n) is 9.01. The van der Waals surface area contributed by atoms with E-state index in [9.17, 15) is 9.90 Å². The van der Waals surface area contributed by atoms with Gasteiger partial charge in [0, 0.05) is 36.5 Å². The van der Waals surface area contributed by atoms with Crippen molar-refractivity contribution in [2.24, 2.45) is 0 Å². The van der Waals surface area contributed by atoms with Crippen molar-refractivity contribution in [2.75, 3.05) is 32.1 Å². The first kappa shape index (κ1) is 27.4. The SMILES string of the molecule is CCN1CCC(Oc2cccc(OCc3ccccc3NC(=O)/C=C/c3ccc(OC)c(O)c3Cl)c2)CC1. The average Bonchev–Trinajstić information content (AvgIpc) is 2.94. The van der Waals surface area contributed by atoms with Crippen LogP contribution in [0.1, 0.15) is 30.9 Å². The van der Waals surface area contributed by atoms with Crippen molar-refractivity contribution in [3.63, 3.8) is 0 Å². The number of phenolic OH excluding ortho intramolecular Hbond substituents is 1. The molecule has 0 radical (unpaired) electrons. The number of para-hydroxylation sites is 1. The van der Waals surface area contributed by atoms with Crippen LogP contribution in [-0.4, -0.2) is 48.8 Å². The van der Waals surface area contributed by atoms with Gasteiger partial charge in [-0.05, 0) is 61.4 Å². The minimum atomic E-state index is -0.339. The number of aromatic hydroxyl groups is 1. The quantitative estimate of drug-likeness (QED) is 0.303. The number of amides is 1. The number of carbonyl (C=O) groups is 1. The number of nitrogens with zero attached hydrogens (tertiary/aromatic N) is 1. The van der Waals surface area contributed by atoms with Crippen molar-refractivity contribution in [3.8, 4) is 23.0 Å². The van der Waals surface area contributed by atoms with Crippen LogP contribution in [0.3, 0.4) is 0 Å². The molecule has 1 aliphatic rings. The highest BCUT2D eigenvalue weighted by molar-refractivity contribution is 6.33. The number of anilines is 1. The van der Waals surface area contributed by atoms with E-state index in [1.807, 2.05) is 48.5 Å². The number of nitrogens with one attached hydrogen (secondary N) is 1. The molecular weight excluding hydrogens is 504 g/mol. The average molecular weight is 537 g/mol. The van der Waals surface area contributed by atoms with Gasteiger partial charge in [0.25, 0.3) is 0 Å². The summed E-state index contributed by atoms with van der Waals surface area (Å²) in [6.07, 6.45) is 5.15. The molecule has 4 rings (SSSR count). The standard InChI is InChI=1S/C30H33ClN2O5/c1-3-33-17-15-23(16-18-33)38-25-9-6-8-24(19-25)37-20-22-7-4-5-10-26(22)32-28(34)14-12-21-11-13-27(36-2)30(35)29(21)31/h4-14,19,23,35H,3,15-18,20H2,1-2H3,(H,32,34)/b14-12+. The molecular formula is C30H33ClN2O5. The number of hydrogen-bond acceptors (Lipinski definition) is 6. The number of hydrogen-bond donors (Lipinski definition) is 2. The molecule has 0 saturated carbocycles. The van der Waals surface area contributed by atoms with E-state index in [4.69, 9.17) is 25.8 Å². The third kappa shape index (κ3) is 7.21. The first-order valence-electron chi connectivity index (χ1n) is 12.7. The molecule has 1 amide bonds. The van der Waals surface area contributed by atoms with Crippen LogP contribution in [0.15, 0.2) is 66.7 Å². The summed E-state index contributed by atoms with van der Waals surface area (Å²) in [7, 11) is 1.44. The maximum Gasteiger partial charge on any atom is 0.248 e. The second kappa shape index (κ2) is 13.2. The number of methoxy groups -OCH3 is 1. The first-order chi connectivity index (χ1) is 18.5. The molecule has 200 valence electrons. The zero-order valence-electron chi connectivity index (χ0n) is 21.7. The van der Waals surface area contributed by atoms with Crippen LogP contribution in [0.2, 0.25) is 5.02 Å². The summed E-state index contributed by atoms with van der Waals surface area (Å²) < 4.78 is 17.3. The van der Waals surface area contributed by atoms with E-state index in [0.717, 1.165) is 43.8 Å². The van der Waals surface area contributed by atoms with Gasteiger partial charge >= 0.3 is 0 Å². The predicted molar refractivity (Wildman–Crippen MR) is 150 cm³/mol. The number of carbonyl (C=O) groups excluding carboxylic acids is 1. The maximum absolute atomic E-state index is 12.6. The Morgan fingerprint density at radius 3 is 2.63 bits per heavy atom. The second-order valence-corrected chi connectivity index (χ2v) is 9.39. The van der Waals surface area contributed by atoms with Gasteiger partial charge in [-0.1, -0.05) is 42.8 Å². The van der Waals surface area contributed by atoms with E-state index < -0.39 is 0 Å². The van der Waals surface area contributed by atoms with Crippen molar-refractivity contribution >= 4 is 29.3 Å². The zero-order valence-corrected chi connectivity index (χ0v) is 22.4. The van der Waals surface area contributed by atoms with Gasteiger partial charge in [0.1, 0.15) is 24.2 Å². The van der Waals surface area contributed by atoms with Crippen LogP contribution in [0.25, 0.3) is 6.08 Å². The van der Waals surface area contributed by atoms with Gasteiger partial charge in [0.05, 0.1) is 12.1 Å². The lowest BCUT2D eigenvalue weighted by atomic mass is 10.1. The van der Waals surface area contributed by atoms with Crippen molar-refractivity contribution in [1.82, 2.24) is 4.90 Å². The molecule has 3 aromatic carbocycles. The summed E-state index contributed by atoms with van der Waals surface area (Å²) in [6.45, 7) is 5.66. The van der Waals surface area contributed by atoms with E-state index in [2.05, 4.69) is 17.1 Å². The van der Waals surface area contributed by atoms with Crippen molar-refractivity contribution in [3.05, 3.63) is 82.9 Å². The van der Waals surface area contributed by atoms with E-state index in [1.54, 1.807) is 12.1 Å². The van der Waals surface area contributed by atoms with Crippen molar-refractivity contribution < 1.29 is 24.1 Å². The number of likely N-dealkylation sites (tertiary alicyclic amines) is 1. The summed E-state index contributed by atoms with van der Waals surface area (Å²) in [4.78, 5) is 15.1. The highest BCUT2D eigenvalue weighted by atomic mass is 35.5. The number of benzene rings is 3. The lowest BCUT2D eigenvalue weighted by Crippen LogP contribution is -2.37. The van der Waals surface area contributed by atoms with Crippen molar-refractivity contribution in [1.29, 1.82) is 0 Å². The lowest BCUT2D eigenvalue weighted by Gasteiger charge is -2.31. The minimum Gasteiger partial charge on any atom is -0.503 e. The topological polar surface area (TPSA) is 80.3 Å². The molecule has 2 N–H and O–H groups in total. The Bertz CT molecular complexity index is 1270. The van der Waals surface area contributed by atoms with Gasteiger partial charge in [0.15, 0.2) is 11.5 Å². The minimum absolute atomic E-state index is 0.111. The van der Waals surface area contributed by atoms with Gasteiger partial charge in [-0.3, -0.25) is 4.79 Å². The van der Waals surface area contributed by atoms with E-state index in [0.29, 0.717) is 17.0 Å². The van der Waals surface area contributed by atoms with Gasteiger partial charge < -0.3 is 29.5 Å². The number of halogens is 1. The van der Waals surface area contributed by atoms with E-state index in [-0.39, 0.29) is 35.1 Å². The zero-order chi connectivity index (χ0) is 26.9. The van der Waals surface area contributed by atoms with Gasteiger partial charge in [-0.15, -0.1) is 0 Å². The van der Waals surface area contributed by atoms with Crippen LogP contribution in [0, 0.1) is 0 Å². The fourth-order valence-electron chi connectivity index (χ4n) is 4.30. The maximum atomic E-state index is 12.6. The molecule has 0 aromatic heterocycles. The van der Waals surface area contributed by atoms with Gasteiger partial charge in [-0.2, -0.15) is 0 Å². The van der Waals surface area contributed by atoms with Crippen LogP contribution in [0.5, 0.6) is 23.0 Å². The normalized spacial score (nSPS) is 14.4. The summed E-state index contributed by atoms with van der Waals surface area (Å²) in [6, 6.07) is 18.4. The van der Waals surface area contributed by atoms with Gasteiger partial charge in [-0.25, -0.2) is 0 Å². The predicted octanol–water partition coefficient (Wildman–Crippen LogP) is 6.15. The molecule has 1 fully saturated rings. The Balaban J connectivity index is 1.35. The van der Waals surface area contributed by atoms with E-state index >= 15 is 0 Å². The Kier molecular flexibility index (Phi) is 9.51. The Morgan fingerprint density at radius 1 is 1.11 bits per heavy atom. The Morgan fingerprint density at radius 2 is 1.87 bits per heavy atom. The largest absolute Gasteiger partial charge is 0.503 e. The third-order valence-corrected chi connectivity index (χ3v) is 6.90. The molecule has 1 heterocycles. The summed E-state index contributed by atoms with van der Waals surface area (Å²) in [5.41, 5.74) is 1.96. The van der Waals surface area contributed by atoms with Crippen LogP contribution in [0.4, 0.5) is 5.69 Å². The lowest BCUT2D eigenvalue weighted by molar-refractivity contribution is -0.111. The van der Waals surface area contributed by atoms with Crippen LogP contribution < -0.4 is 19.5 Å². The van der Waals surface area contributed by atoms with Crippen molar-refractivity contribution in [2.45, 2.75) is 32.5 Å². The molecule has 1 saturated heterocycles. The van der Waals surface area contributed by atoms with Gasteiger partial charge in [0.2, 0.25) is 5.91 Å². The smallest absolute Gasteiger partial charge is 0.248 e. The number of rotatable bonds is 10. The summed E-state index contributed by atoms with van der Waals surface area (Å²) >= 11 is 6.18. The Hall–Kier alpha value is -3.68. The van der Waals surface area contributed by atoms with Crippen LogP contribution >= 0.6 is 11.6 Å². The molecule has 3 aromatic rings. The summed E-state index contributed by atoms with van der Waals surface area (Å²) in [5.74, 6) is 1.25. The molecule has 38 heavy (non-hydrogen) atoms. The molecule has 0 atom stereocenters. The number of piperidine rings is 1. The molecule has 1 aliphatic heterocycles. The van der Waals surface area contributed by atoms with E-state index in [1.165, 1.54) is 19.3 Å². The number of ether oxygens (including phenoxy) is 3. The Labute approximate surface area is 228 Å². The third-order valence-electron chi connectivity index (χ3n) is 6.50. The molecule has 0 bridgehead atoms. The molecule has 8 heteroatoms. The summed E-state index contributed by atoms with van der Waals surface area (Å²) in [5, 5.41) is 13.1. The highest BCUT2D eigenvalue weighted by Gasteiger charge is 2.19. The van der Waals surface area contributed by atoms with Crippen LogP contribution in [-0.2, 0) is 11.4 Å². The molecule has 0 spiro atoms. The first-order valence-corrected chi connectivity index (χ1v) is 13.1. The molecule has 0 aliphatic carbocycles. The monoisotopic (exact) mass is 536 g/mol. The highest BCUT2D eigenvalue weighted by Crippen LogP contribution is 2.36.